The van der Waals surface area contributed by atoms with Gasteiger partial charge >= 0.3 is 0 Å². The molecule has 1 amide bonds. The molecule has 124 valence electrons. The lowest BCUT2D eigenvalue weighted by Crippen LogP contribution is -2.12. The summed E-state index contributed by atoms with van der Waals surface area (Å²) in [5, 5.41) is 13.8. The van der Waals surface area contributed by atoms with Gasteiger partial charge in [0.05, 0.1) is 24.2 Å². The number of hydrogen-bond donors (Lipinski definition) is 2. The molecule has 0 radical (unpaired) electrons. The van der Waals surface area contributed by atoms with Crippen molar-refractivity contribution in [1.29, 1.82) is 0 Å². The van der Waals surface area contributed by atoms with Crippen LogP contribution in [-0.4, -0.2) is 25.9 Å². The monoisotopic (exact) mass is 333 g/mol. The summed E-state index contributed by atoms with van der Waals surface area (Å²) in [6, 6.07) is 11.1. The second-order valence-electron chi connectivity index (χ2n) is 5.57. The van der Waals surface area contributed by atoms with E-state index in [0.717, 1.165) is 11.1 Å². The molecule has 0 aliphatic rings. The number of carbonyl (C=O) groups excluding carboxylic acids is 1. The molecular formula is C18H15N5O2. The quantitative estimate of drug-likeness (QED) is 0.599. The second kappa shape index (κ2) is 6.12. The second-order valence-corrected chi connectivity index (χ2v) is 5.57. The molecule has 3 aromatic heterocycles. The Balaban J connectivity index is 1.53. The Bertz CT molecular complexity index is 996. The van der Waals surface area contributed by atoms with Gasteiger partial charge in [0.2, 0.25) is 0 Å². The summed E-state index contributed by atoms with van der Waals surface area (Å²) in [6.45, 7) is 0. The van der Waals surface area contributed by atoms with Crippen molar-refractivity contribution in [3.63, 3.8) is 0 Å². The first kappa shape index (κ1) is 14.9. The first-order valence-electron chi connectivity index (χ1n) is 7.68. The molecule has 0 aliphatic heterocycles. The molecule has 25 heavy (non-hydrogen) atoms. The van der Waals surface area contributed by atoms with Crippen LogP contribution in [0, 0.1) is 0 Å². The number of amides is 1. The molecular weight excluding hydrogens is 318 g/mol. The molecule has 3 heterocycles. The van der Waals surface area contributed by atoms with Gasteiger partial charge in [0.25, 0.3) is 5.91 Å². The molecule has 7 heteroatoms. The molecule has 0 unspecified atom stereocenters. The average Bonchev–Trinajstić information content (AvgIpc) is 3.36. The summed E-state index contributed by atoms with van der Waals surface area (Å²) in [6.07, 6.45) is 6.77. The van der Waals surface area contributed by atoms with Crippen molar-refractivity contribution >= 4 is 11.6 Å². The van der Waals surface area contributed by atoms with Crippen LogP contribution in [-0.2, 0) is 7.05 Å². The van der Waals surface area contributed by atoms with Crippen molar-refractivity contribution in [3.05, 3.63) is 66.8 Å². The van der Waals surface area contributed by atoms with E-state index in [4.69, 9.17) is 4.42 Å². The third kappa shape index (κ3) is 2.94. The minimum absolute atomic E-state index is 0.255. The van der Waals surface area contributed by atoms with Crippen LogP contribution in [0.3, 0.4) is 0 Å². The fraction of sp³-hybridized carbons (Fsp3) is 0.0556. The van der Waals surface area contributed by atoms with E-state index in [2.05, 4.69) is 20.6 Å². The van der Waals surface area contributed by atoms with Gasteiger partial charge in [-0.1, -0.05) is 12.1 Å². The zero-order valence-electron chi connectivity index (χ0n) is 13.4. The van der Waals surface area contributed by atoms with Gasteiger partial charge in [-0.3, -0.25) is 14.6 Å². The van der Waals surface area contributed by atoms with E-state index in [9.17, 15) is 4.79 Å². The fourth-order valence-electron chi connectivity index (χ4n) is 2.58. The summed E-state index contributed by atoms with van der Waals surface area (Å²) in [7, 11) is 1.87. The van der Waals surface area contributed by atoms with E-state index in [1.807, 2.05) is 37.5 Å². The highest BCUT2D eigenvalue weighted by molar-refractivity contribution is 6.07. The highest BCUT2D eigenvalue weighted by Gasteiger charge is 2.17. The molecule has 0 aliphatic carbocycles. The topological polar surface area (TPSA) is 88.7 Å². The van der Waals surface area contributed by atoms with Gasteiger partial charge in [0, 0.05) is 24.5 Å². The molecule has 4 rings (SSSR count). The first-order valence-corrected chi connectivity index (χ1v) is 7.68. The van der Waals surface area contributed by atoms with Crippen LogP contribution in [0.5, 0.6) is 0 Å². The van der Waals surface area contributed by atoms with Crippen molar-refractivity contribution in [2.24, 2.45) is 7.05 Å². The molecule has 0 saturated heterocycles. The Hall–Kier alpha value is -3.61. The van der Waals surface area contributed by atoms with Crippen molar-refractivity contribution < 1.29 is 9.21 Å². The molecule has 0 fully saturated rings. The smallest absolute Gasteiger partial charge is 0.259 e. The Morgan fingerprint density at radius 3 is 2.68 bits per heavy atom. The number of furan rings is 1. The van der Waals surface area contributed by atoms with E-state index in [1.54, 1.807) is 29.3 Å². The molecule has 0 saturated carbocycles. The Labute approximate surface area is 143 Å². The number of nitrogens with zero attached hydrogens (tertiary/aromatic N) is 3. The van der Waals surface area contributed by atoms with Gasteiger partial charge in [-0.05, 0) is 29.8 Å². The molecule has 0 bridgehead atoms. The Morgan fingerprint density at radius 2 is 2.00 bits per heavy atom. The van der Waals surface area contributed by atoms with Crippen LogP contribution in [0.2, 0.25) is 0 Å². The molecule has 0 spiro atoms. The number of carbonyl (C=O) groups is 1. The number of aromatic nitrogens is 4. The van der Waals surface area contributed by atoms with Gasteiger partial charge in [-0.2, -0.15) is 10.2 Å². The number of benzene rings is 1. The highest BCUT2D eigenvalue weighted by atomic mass is 16.3. The van der Waals surface area contributed by atoms with Crippen LogP contribution in [0.15, 0.2) is 65.7 Å². The van der Waals surface area contributed by atoms with Gasteiger partial charge in [0.15, 0.2) is 5.76 Å². The van der Waals surface area contributed by atoms with Crippen molar-refractivity contribution in [2.45, 2.75) is 0 Å². The average molecular weight is 333 g/mol. The fourth-order valence-corrected chi connectivity index (χ4v) is 2.58. The standard InChI is InChI=1S/C18H15N5O2/c1-23-11-13(9-20-23)12-4-6-14(7-5-12)21-18(24)15-10-19-22-17(15)16-3-2-8-25-16/h2-11H,1H3,(H,19,22)(H,21,24). The summed E-state index contributed by atoms with van der Waals surface area (Å²) >= 11 is 0. The van der Waals surface area contributed by atoms with Crippen molar-refractivity contribution in [1.82, 2.24) is 20.0 Å². The van der Waals surface area contributed by atoms with Crippen LogP contribution in [0.4, 0.5) is 5.69 Å². The number of anilines is 1. The maximum atomic E-state index is 12.5. The van der Waals surface area contributed by atoms with Crippen LogP contribution < -0.4 is 5.32 Å². The molecule has 4 aromatic rings. The first-order chi connectivity index (χ1) is 12.2. The molecule has 1 aromatic carbocycles. The summed E-state index contributed by atoms with van der Waals surface area (Å²) in [5.41, 5.74) is 3.73. The van der Waals surface area contributed by atoms with Crippen molar-refractivity contribution in [3.8, 4) is 22.6 Å². The molecule has 7 nitrogen and oxygen atoms in total. The minimum Gasteiger partial charge on any atom is -0.463 e. The van der Waals surface area contributed by atoms with E-state index >= 15 is 0 Å². The number of aromatic amines is 1. The zero-order valence-corrected chi connectivity index (χ0v) is 13.4. The predicted octanol–water partition coefficient (Wildman–Crippen LogP) is 3.32. The van der Waals surface area contributed by atoms with E-state index < -0.39 is 0 Å². The lowest BCUT2D eigenvalue weighted by Gasteiger charge is -2.06. The normalized spacial score (nSPS) is 10.8. The molecule has 0 atom stereocenters. The third-order valence-corrected chi connectivity index (χ3v) is 3.83. The van der Waals surface area contributed by atoms with E-state index in [0.29, 0.717) is 22.7 Å². The summed E-state index contributed by atoms with van der Waals surface area (Å²) in [4.78, 5) is 12.5. The van der Waals surface area contributed by atoms with Crippen molar-refractivity contribution in [2.75, 3.05) is 5.32 Å². The van der Waals surface area contributed by atoms with Crippen LogP contribution >= 0.6 is 0 Å². The zero-order chi connectivity index (χ0) is 17.2. The van der Waals surface area contributed by atoms with Gasteiger partial charge in [0.1, 0.15) is 5.69 Å². The lowest BCUT2D eigenvalue weighted by atomic mass is 10.1. The number of rotatable bonds is 4. The number of aryl methyl sites for hydroxylation is 1. The molecule has 2 N–H and O–H groups in total. The number of hydrogen-bond acceptors (Lipinski definition) is 4. The summed E-state index contributed by atoms with van der Waals surface area (Å²) < 4.78 is 7.08. The van der Waals surface area contributed by atoms with Gasteiger partial charge < -0.3 is 9.73 Å². The van der Waals surface area contributed by atoms with E-state index in [-0.39, 0.29) is 5.91 Å². The van der Waals surface area contributed by atoms with Crippen LogP contribution in [0.25, 0.3) is 22.6 Å². The number of nitrogens with one attached hydrogen (secondary N) is 2. The Kier molecular flexibility index (Phi) is 3.66. The SMILES string of the molecule is Cn1cc(-c2ccc(NC(=O)c3cn[nH]c3-c3ccco3)cc2)cn1. The lowest BCUT2D eigenvalue weighted by molar-refractivity contribution is 0.102. The van der Waals surface area contributed by atoms with Gasteiger partial charge in [-0.15, -0.1) is 0 Å². The highest BCUT2D eigenvalue weighted by Crippen LogP contribution is 2.24. The van der Waals surface area contributed by atoms with E-state index in [1.165, 1.54) is 6.20 Å². The number of H-pyrrole nitrogens is 1. The van der Waals surface area contributed by atoms with Crippen LogP contribution in [0.1, 0.15) is 10.4 Å². The minimum atomic E-state index is -0.255. The predicted molar refractivity (Wildman–Crippen MR) is 92.9 cm³/mol. The largest absolute Gasteiger partial charge is 0.463 e. The van der Waals surface area contributed by atoms with Gasteiger partial charge in [-0.25, -0.2) is 0 Å². The summed E-state index contributed by atoms with van der Waals surface area (Å²) in [5.74, 6) is 0.309. The maximum Gasteiger partial charge on any atom is 0.259 e. The third-order valence-electron chi connectivity index (χ3n) is 3.83. The Morgan fingerprint density at radius 1 is 1.16 bits per heavy atom. The maximum absolute atomic E-state index is 12.5.